The Kier molecular flexibility index (Phi) is 5.32. The molecule has 1 fully saturated rings. The minimum Gasteiger partial charge on any atom is -0.483 e. The molecule has 2 aliphatic rings. The highest BCUT2D eigenvalue weighted by Gasteiger charge is 2.33. The molecule has 5 rings (SSSR count). The number of hydrogen-bond donors (Lipinski definition) is 0. The van der Waals surface area contributed by atoms with Crippen molar-refractivity contribution in [2.45, 2.75) is 44.8 Å². The third-order valence-electron chi connectivity index (χ3n) is 5.63. The topological polar surface area (TPSA) is 60.9 Å². The van der Waals surface area contributed by atoms with Crippen LogP contribution in [0.1, 0.15) is 32.3 Å². The van der Waals surface area contributed by atoms with E-state index in [1.165, 1.54) is 11.3 Å². The second-order valence-electron chi connectivity index (χ2n) is 8.68. The fourth-order valence-electron chi connectivity index (χ4n) is 4.17. The van der Waals surface area contributed by atoms with Crippen molar-refractivity contribution in [3.63, 3.8) is 0 Å². The van der Waals surface area contributed by atoms with Gasteiger partial charge >= 0.3 is 0 Å². The van der Waals surface area contributed by atoms with Gasteiger partial charge in [0.25, 0.3) is 5.91 Å². The van der Waals surface area contributed by atoms with E-state index in [0.29, 0.717) is 17.4 Å². The van der Waals surface area contributed by atoms with Gasteiger partial charge in [-0.2, -0.15) is 0 Å². The van der Waals surface area contributed by atoms with Crippen LogP contribution in [0.4, 0.5) is 5.13 Å². The minimum atomic E-state index is -0.265. The Bertz CT molecular complexity index is 1070. The second kappa shape index (κ2) is 8.13. The fraction of sp³-hybridized carbons (Fsp3) is 0.417. The van der Waals surface area contributed by atoms with Gasteiger partial charge in [0.1, 0.15) is 5.60 Å². The van der Waals surface area contributed by atoms with Crippen LogP contribution in [0.2, 0.25) is 0 Å². The van der Waals surface area contributed by atoms with Gasteiger partial charge in [-0.3, -0.25) is 9.69 Å². The molecular formula is C24H26N2O4S. The van der Waals surface area contributed by atoms with Crippen LogP contribution >= 0.6 is 11.3 Å². The number of anilines is 1. The van der Waals surface area contributed by atoms with Crippen LogP contribution in [0.5, 0.6) is 11.5 Å². The van der Waals surface area contributed by atoms with Crippen LogP contribution in [0, 0.1) is 0 Å². The first-order valence-electron chi connectivity index (χ1n) is 10.7. The van der Waals surface area contributed by atoms with E-state index in [-0.39, 0.29) is 24.2 Å². The molecule has 6 nitrogen and oxygen atoms in total. The van der Waals surface area contributed by atoms with Gasteiger partial charge < -0.3 is 14.2 Å². The van der Waals surface area contributed by atoms with E-state index in [1.807, 2.05) is 42.5 Å². The Labute approximate surface area is 185 Å². The summed E-state index contributed by atoms with van der Waals surface area (Å²) in [4.78, 5) is 19.7. The Morgan fingerprint density at radius 2 is 2.13 bits per heavy atom. The number of carbonyl (C=O) groups is 1. The molecule has 7 heteroatoms. The molecule has 0 aliphatic carbocycles. The largest absolute Gasteiger partial charge is 0.483 e. The zero-order valence-electron chi connectivity index (χ0n) is 17.8. The number of carbonyl (C=O) groups excluding carboxylic acids is 1. The van der Waals surface area contributed by atoms with Crippen LogP contribution in [0.3, 0.4) is 0 Å². The maximum atomic E-state index is 13.3. The highest BCUT2D eigenvalue weighted by atomic mass is 32.1. The summed E-state index contributed by atoms with van der Waals surface area (Å²) in [6.07, 6.45) is 2.82. The van der Waals surface area contributed by atoms with Crippen molar-refractivity contribution in [1.29, 1.82) is 0 Å². The van der Waals surface area contributed by atoms with Crippen LogP contribution < -0.4 is 14.4 Å². The SMILES string of the molecule is CC1(C)Cc2cccc(OCC(=O)N(C[C@@H]3CCCO3)c3nc4ccccc4s3)c2O1. The predicted octanol–water partition coefficient (Wildman–Crippen LogP) is 4.60. The van der Waals surface area contributed by atoms with E-state index >= 15 is 0 Å². The van der Waals surface area contributed by atoms with Crippen molar-refractivity contribution < 1.29 is 19.0 Å². The first kappa shape index (κ1) is 20.3. The van der Waals surface area contributed by atoms with Crippen LogP contribution in [0.25, 0.3) is 10.2 Å². The second-order valence-corrected chi connectivity index (χ2v) is 9.68. The summed E-state index contributed by atoms with van der Waals surface area (Å²) >= 11 is 1.52. The smallest absolute Gasteiger partial charge is 0.266 e. The summed E-state index contributed by atoms with van der Waals surface area (Å²) in [5, 5.41) is 0.681. The summed E-state index contributed by atoms with van der Waals surface area (Å²) in [6.45, 7) is 5.25. The molecule has 3 aromatic rings. The van der Waals surface area contributed by atoms with Gasteiger partial charge in [0.05, 0.1) is 22.9 Å². The molecule has 2 aromatic carbocycles. The van der Waals surface area contributed by atoms with Gasteiger partial charge in [0.15, 0.2) is 23.2 Å². The average Bonchev–Trinajstić information content (AvgIpc) is 3.46. The van der Waals surface area contributed by atoms with Crippen molar-refractivity contribution in [2.24, 2.45) is 0 Å². The lowest BCUT2D eigenvalue weighted by Crippen LogP contribution is -2.40. The number of benzene rings is 2. The van der Waals surface area contributed by atoms with Crippen molar-refractivity contribution in [3.05, 3.63) is 48.0 Å². The Morgan fingerprint density at radius 3 is 2.94 bits per heavy atom. The lowest BCUT2D eigenvalue weighted by Gasteiger charge is -2.23. The molecule has 1 saturated heterocycles. The van der Waals surface area contributed by atoms with E-state index < -0.39 is 0 Å². The lowest BCUT2D eigenvalue weighted by molar-refractivity contribution is -0.121. The summed E-state index contributed by atoms with van der Waals surface area (Å²) in [6, 6.07) is 13.8. The molecule has 1 aromatic heterocycles. The normalized spacial score (nSPS) is 19.2. The highest BCUT2D eigenvalue weighted by molar-refractivity contribution is 7.22. The molecule has 162 valence electrons. The number of aromatic nitrogens is 1. The number of rotatable bonds is 6. The quantitative estimate of drug-likeness (QED) is 0.563. The van der Waals surface area contributed by atoms with Crippen LogP contribution in [0.15, 0.2) is 42.5 Å². The molecule has 0 N–H and O–H groups in total. The van der Waals surface area contributed by atoms with Gasteiger partial charge in [0.2, 0.25) is 0 Å². The number of nitrogens with zero attached hydrogens (tertiary/aromatic N) is 2. The van der Waals surface area contributed by atoms with E-state index in [0.717, 1.165) is 47.4 Å². The number of para-hydroxylation sites is 2. The fourth-order valence-corrected chi connectivity index (χ4v) is 5.16. The Hall–Kier alpha value is -2.64. The van der Waals surface area contributed by atoms with E-state index in [2.05, 4.69) is 13.8 Å². The molecule has 31 heavy (non-hydrogen) atoms. The first-order chi connectivity index (χ1) is 15.0. The van der Waals surface area contributed by atoms with E-state index in [4.69, 9.17) is 19.2 Å². The molecule has 0 radical (unpaired) electrons. The molecule has 0 bridgehead atoms. The third kappa shape index (κ3) is 4.25. The number of hydrogen-bond acceptors (Lipinski definition) is 6. The molecule has 1 amide bonds. The van der Waals surface area contributed by atoms with Crippen molar-refractivity contribution in [2.75, 3.05) is 24.7 Å². The first-order valence-corrected chi connectivity index (χ1v) is 11.5. The number of ether oxygens (including phenoxy) is 3. The molecule has 1 atom stereocenters. The molecule has 2 aliphatic heterocycles. The third-order valence-corrected chi connectivity index (χ3v) is 6.69. The number of fused-ring (bicyclic) bond motifs is 2. The van der Waals surface area contributed by atoms with Crippen LogP contribution in [-0.4, -0.2) is 42.4 Å². The van der Waals surface area contributed by atoms with Gasteiger partial charge in [-0.25, -0.2) is 4.98 Å². The maximum absolute atomic E-state index is 13.3. The summed E-state index contributed by atoms with van der Waals surface area (Å²) < 4.78 is 18.9. The van der Waals surface area contributed by atoms with Crippen LogP contribution in [-0.2, 0) is 16.0 Å². The Balaban J connectivity index is 1.36. The van der Waals surface area contributed by atoms with Crippen molar-refractivity contribution >= 4 is 32.6 Å². The van der Waals surface area contributed by atoms with E-state index in [9.17, 15) is 4.79 Å². The standard InChI is InChI=1S/C24H26N2O4S/c1-24(2)13-16-7-5-10-19(22(16)30-24)29-15-21(27)26(14-17-8-6-12-28-17)23-25-18-9-3-4-11-20(18)31-23/h3-5,7,9-11,17H,6,8,12-15H2,1-2H3/t17-/m0/s1. The highest BCUT2D eigenvalue weighted by Crippen LogP contribution is 2.41. The van der Waals surface area contributed by atoms with Crippen molar-refractivity contribution in [3.8, 4) is 11.5 Å². The zero-order chi connectivity index (χ0) is 21.4. The maximum Gasteiger partial charge on any atom is 0.266 e. The monoisotopic (exact) mass is 438 g/mol. The molecule has 0 saturated carbocycles. The molecule has 0 unspecified atom stereocenters. The minimum absolute atomic E-state index is 0.0288. The lowest BCUT2D eigenvalue weighted by atomic mass is 10.0. The number of thiazole rings is 1. The predicted molar refractivity (Wildman–Crippen MR) is 121 cm³/mol. The van der Waals surface area contributed by atoms with Gasteiger partial charge in [-0.05, 0) is 44.9 Å². The average molecular weight is 439 g/mol. The molecular weight excluding hydrogens is 412 g/mol. The summed E-state index contributed by atoms with van der Waals surface area (Å²) in [7, 11) is 0. The zero-order valence-corrected chi connectivity index (χ0v) is 18.6. The Morgan fingerprint density at radius 1 is 1.26 bits per heavy atom. The van der Waals surface area contributed by atoms with Gasteiger partial charge in [0, 0.05) is 18.6 Å². The number of amides is 1. The summed E-state index contributed by atoms with van der Waals surface area (Å²) in [5.74, 6) is 1.22. The van der Waals surface area contributed by atoms with Gasteiger partial charge in [-0.15, -0.1) is 0 Å². The summed E-state index contributed by atoms with van der Waals surface area (Å²) in [5.41, 5.74) is 1.74. The molecule has 3 heterocycles. The molecule has 0 spiro atoms. The van der Waals surface area contributed by atoms with Gasteiger partial charge in [-0.1, -0.05) is 35.6 Å². The van der Waals surface area contributed by atoms with Crippen molar-refractivity contribution in [1.82, 2.24) is 4.98 Å². The van der Waals surface area contributed by atoms with E-state index in [1.54, 1.807) is 4.90 Å².